The van der Waals surface area contributed by atoms with Crippen LogP contribution in [0.15, 0.2) is 24.3 Å². The molecular weight excluding hydrogens is 297 g/mol. The first-order valence-corrected chi connectivity index (χ1v) is 7.13. The Labute approximate surface area is 127 Å². The Morgan fingerprint density at radius 2 is 1.86 bits per heavy atom. The summed E-state index contributed by atoms with van der Waals surface area (Å²) < 4.78 is 42.7. The molecule has 0 aromatic heterocycles. The molecule has 1 fully saturated rings. The highest BCUT2D eigenvalue weighted by molar-refractivity contribution is 5.89. The number of benzene rings is 1. The molecule has 2 amide bonds. The van der Waals surface area contributed by atoms with Gasteiger partial charge in [-0.1, -0.05) is 0 Å². The maximum absolute atomic E-state index is 12.5. The number of nitrogens with zero attached hydrogens (tertiary/aromatic N) is 1. The van der Waals surface area contributed by atoms with Gasteiger partial charge in [-0.2, -0.15) is 13.2 Å². The topological polar surface area (TPSA) is 41.6 Å². The van der Waals surface area contributed by atoms with Crippen LogP contribution in [0.5, 0.6) is 0 Å². The van der Waals surface area contributed by atoms with Crippen molar-refractivity contribution in [1.82, 2.24) is 4.90 Å². The summed E-state index contributed by atoms with van der Waals surface area (Å²) in [5.74, 6) is 0.400. The van der Waals surface area contributed by atoms with Gasteiger partial charge < -0.3 is 15.0 Å². The second-order valence-corrected chi connectivity index (χ2v) is 5.44. The molecule has 1 heterocycles. The average molecular weight is 316 g/mol. The molecule has 4 nitrogen and oxygen atoms in total. The van der Waals surface area contributed by atoms with Crippen molar-refractivity contribution in [2.24, 2.45) is 5.92 Å². The van der Waals surface area contributed by atoms with Gasteiger partial charge in [0.25, 0.3) is 0 Å². The lowest BCUT2D eigenvalue weighted by molar-refractivity contribution is -0.137. The monoisotopic (exact) mass is 316 g/mol. The van der Waals surface area contributed by atoms with Crippen molar-refractivity contribution in [3.05, 3.63) is 29.8 Å². The van der Waals surface area contributed by atoms with E-state index in [1.165, 1.54) is 12.1 Å². The van der Waals surface area contributed by atoms with Crippen molar-refractivity contribution < 1.29 is 22.7 Å². The molecule has 22 heavy (non-hydrogen) atoms. The largest absolute Gasteiger partial charge is 0.416 e. The van der Waals surface area contributed by atoms with Gasteiger partial charge in [0.05, 0.1) is 5.56 Å². The fraction of sp³-hybridized carbons (Fsp3) is 0.533. The van der Waals surface area contributed by atoms with Crippen LogP contribution >= 0.6 is 0 Å². The van der Waals surface area contributed by atoms with E-state index in [1.54, 1.807) is 11.9 Å². The highest BCUT2D eigenvalue weighted by Crippen LogP contribution is 2.29. The first-order valence-electron chi connectivity index (χ1n) is 7.13. The maximum Gasteiger partial charge on any atom is 0.416 e. The molecule has 0 aliphatic carbocycles. The number of ether oxygens (including phenoxy) is 1. The van der Waals surface area contributed by atoms with Crippen molar-refractivity contribution in [3.8, 4) is 0 Å². The summed E-state index contributed by atoms with van der Waals surface area (Å²) in [6.07, 6.45) is -2.54. The fourth-order valence-corrected chi connectivity index (χ4v) is 2.36. The van der Waals surface area contributed by atoms with Gasteiger partial charge in [-0.3, -0.25) is 0 Å². The lowest BCUT2D eigenvalue weighted by atomic mass is 10.00. The Hall–Kier alpha value is -1.76. The van der Waals surface area contributed by atoms with Gasteiger partial charge in [-0.15, -0.1) is 0 Å². The minimum absolute atomic E-state index is 0.328. The Morgan fingerprint density at radius 3 is 2.41 bits per heavy atom. The van der Waals surface area contributed by atoms with E-state index in [4.69, 9.17) is 4.74 Å². The van der Waals surface area contributed by atoms with Crippen molar-refractivity contribution in [3.63, 3.8) is 0 Å². The van der Waals surface area contributed by atoms with E-state index in [1.807, 2.05) is 0 Å². The molecule has 0 spiro atoms. The molecule has 0 radical (unpaired) electrons. The summed E-state index contributed by atoms with van der Waals surface area (Å²) in [6, 6.07) is 4.08. The van der Waals surface area contributed by atoms with E-state index in [0.717, 1.165) is 25.0 Å². The summed E-state index contributed by atoms with van der Waals surface area (Å²) >= 11 is 0. The molecule has 1 saturated heterocycles. The van der Waals surface area contributed by atoms with Crippen LogP contribution in [0.4, 0.5) is 23.7 Å². The number of urea groups is 1. The first-order chi connectivity index (χ1) is 10.4. The molecule has 1 aliphatic rings. The lowest BCUT2D eigenvalue weighted by Crippen LogP contribution is -2.36. The minimum atomic E-state index is -4.37. The van der Waals surface area contributed by atoms with Crippen molar-refractivity contribution in [2.45, 2.75) is 19.0 Å². The highest BCUT2D eigenvalue weighted by atomic mass is 19.4. The first kappa shape index (κ1) is 16.6. The SMILES string of the molecule is CN(CC1CCOCC1)C(=O)Nc1ccc(C(F)(F)F)cc1. The number of carbonyl (C=O) groups excluding carboxylic acids is 1. The molecule has 1 aromatic rings. The molecule has 0 bridgehead atoms. The van der Waals surface area contributed by atoms with Gasteiger partial charge in [-0.25, -0.2) is 4.79 Å². The number of carbonyl (C=O) groups is 1. The van der Waals surface area contributed by atoms with E-state index < -0.39 is 11.7 Å². The Kier molecular flexibility index (Phi) is 5.28. The number of hydrogen-bond acceptors (Lipinski definition) is 2. The zero-order valence-corrected chi connectivity index (χ0v) is 12.3. The molecule has 1 N–H and O–H groups in total. The normalized spacial score (nSPS) is 16.4. The van der Waals surface area contributed by atoms with Gasteiger partial charge in [0.1, 0.15) is 0 Å². The van der Waals surface area contributed by atoms with Crippen LogP contribution < -0.4 is 5.32 Å². The number of hydrogen-bond donors (Lipinski definition) is 1. The van der Waals surface area contributed by atoms with Gasteiger partial charge in [0.15, 0.2) is 0 Å². The van der Waals surface area contributed by atoms with Gasteiger partial charge in [0, 0.05) is 32.5 Å². The molecule has 0 atom stereocenters. The van der Waals surface area contributed by atoms with Crippen LogP contribution in [-0.2, 0) is 10.9 Å². The van der Waals surface area contributed by atoms with Crippen LogP contribution in [0.2, 0.25) is 0 Å². The Morgan fingerprint density at radius 1 is 1.27 bits per heavy atom. The standard InChI is InChI=1S/C15H19F3N2O2/c1-20(10-11-6-8-22-9-7-11)14(21)19-13-4-2-12(3-5-13)15(16,17)18/h2-5,11H,6-10H2,1H3,(H,19,21). The van der Waals surface area contributed by atoms with E-state index in [-0.39, 0.29) is 6.03 Å². The summed E-state index contributed by atoms with van der Waals surface area (Å²) in [5.41, 5.74) is -0.391. The maximum atomic E-state index is 12.5. The summed E-state index contributed by atoms with van der Waals surface area (Å²) in [5, 5.41) is 2.60. The number of halogens is 3. The Balaban J connectivity index is 1.87. The van der Waals surface area contributed by atoms with Crippen LogP contribution in [0.25, 0.3) is 0 Å². The van der Waals surface area contributed by atoms with Crippen LogP contribution in [0, 0.1) is 5.92 Å². The van der Waals surface area contributed by atoms with Crippen LogP contribution in [0.3, 0.4) is 0 Å². The Bertz CT molecular complexity index is 497. The number of alkyl halides is 3. The van der Waals surface area contributed by atoms with E-state index in [2.05, 4.69) is 5.32 Å². The third-order valence-electron chi connectivity index (χ3n) is 3.68. The summed E-state index contributed by atoms with van der Waals surface area (Å²) in [7, 11) is 1.68. The van der Waals surface area contributed by atoms with E-state index >= 15 is 0 Å². The van der Waals surface area contributed by atoms with E-state index in [0.29, 0.717) is 31.4 Å². The van der Waals surface area contributed by atoms with Gasteiger partial charge in [-0.05, 0) is 43.0 Å². The predicted octanol–water partition coefficient (Wildman–Crippen LogP) is 3.60. The van der Waals surface area contributed by atoms with Crippen molar-refractivity contribution in [1.29, 1.82) is 0 Å². The van der Waals surface area contributed by atoms with E-state index in [9.17, 15) is 18.0 Å². The zero-order valence-electron chi connectivity index (χ0n) is 12.3. The van der Waals surface area contributed by atoms with Gasteiger partial charge >= 0.3 is 12.2 Å². The number of nitrogens with one attached hydrogen (secondary N) is 1. The third-order valence-corrected chi connectivity index (χ3v) is 3.68. The van der Waals surface area contributed by atoms with Crippen molar-refractivity contribution >= 4 is 11.7 Å². The number of rotatable bonds is 3. The second kappa shape index (κ2) is 7.00. The summed E-state index contributed by atoms with van der Waals surface area (Å²) in [4.78, 5) is 13.6. The highest BCUT2D eigenvalue weighted by Gasteiger charge is 2.30. The molecule has 0 saturated carbocycles. The molecule has 2 rings (SSSR count). The molecule has 7 heteroatoms. The molecule has 1 aliphatic heterocycles. The molecule has 0 unspecified atom stereocenters. The quantitative estimate of drug-likeness (QED) is 0.926. The zero-order chi connectivity index (χ0) is 16.2. The summed E-state index contributed by atoms with van der Waals surface area (Å²) in [6.45, 7) is 2.02. The molecular formula is C15H19F3N2O2. The lowest BCUT2D eigenvalue weighted by Gasteiger charge is -2.27. The van der Waals surface area contributed by atoms with Crippen LogP contribution in [0.1, 0.15) is 18.4 Å². The fourth-order valence-electron chi connectivity index (χ4n) is 2.36. The number of amides is 2. The number of anilines is 1. The average Bonchev–Trinajstić information content (AvgIpc) is 2.48. The van der Waals surface area contributed by atoms with Crippen molar-refractivity contribution in [2.75, 3.05) is 32.1 Å². The minimum Gasteiger partial charge on any atom is -0.381 e. The molecule has 1 aromatic carbocycles. The smallest absolute Gasteiger partial charge is 0.381 e. The molecule has 122 valence electrons. The van der Waals surface area contributed by atoms with Crippen LogP contribution in [-0.4, -0.2) is 37.7 Å². The van der Waals surface area contributed by atoms with Gasteiger partial charge in [0.2, 0.25) is 0 Å². The third kappa shape index (κ3) is 4.62. The second-order valence-electron chi connectivity index (χ2n) is 5.44. The predicted molar refractivity (Wildman–Crippen MR) is 76.6 cm³/mol.